The summed E-state index contributed by atoms with van der Waals surface area (Å²) >= 11 is 0. The van der Waals surface area contributed by atoms with E-state index in [2.05, 4.69) is 6.58 Å². The molecule has 12 heavy (non-hydrogen) atoms. The van der Waals surface area contributed by atoms with Gasteiger partial charge in [-0.05, 0) is 19.3 Å². The molecule has 0 heterocycles. The highest BCUT2D eigenvalue weighted by atomic mass is 16.4. The zero-order valence-corrected chi connectivity index (χ0v) is 6.99. The number of carboxylic acids is 1. The van der Waals surface area contributed by atoms with Gasteiger partial charge < -0.3 is 5.11 Å². The number of carboxylic acid groups (broad SMARTS) is 1. The van der Waals surface area contributed by atoms with Gasteiger partial charge in [0.1, 0.15) is 0 Å². The Morgan fingerprint density at radius 1 is 1.75 bits per heavy atom. The van der Waals surface area contributed by atoms with Gasteiger partial charge in [-0.15, -0.1) is 6.58 Å². The summed E-state index contributed by atoms with van der Waals surface area (Å²) in [5.41, 5.74) is 0. The molecule has 3 heteroatoms. The molecule has 0 aromatic heterocycles. The van der Waals surface area contributed by atoms with Crippen molar-refractivity contribution in [3.05, 3.63) is 12.7 Å². The molecule has 0 fully saturated rings. The number of aliphatic carboxylic acids is 1. The molecule has 3 nitrogen and oxygen atoms in total. The first-order chi connectivity index (χ1) is 5.72. The Labute approximate surface area is 72.3 Å². The lowest BCUT2D eigenvalue weighted by molar-refractivity contribution is -0.141. The third-order valence-electron chi connectivity index (χ3n) is 1.64. The van der Waals surface area contributed by atoms with Crippen molar-refractivity contribution in [3.63, 3.8) is 0 Å². The Morgan fingerprint density at radius 2 is 2.42 bits per heavy atom. The zero-order valence-electron chi connectivity index (χ0n) is 6.99. The summed E-state index contributed by atoms with van der Waals surface area (Å²) in [6, 6.07) is 1.99. The molecule has 0 saturated carbocycles. The number of allylic oxidation sites excluding steroid dienone is 1. The maximum absolute atomic E-state index is 10.6. The number of hydrogen-bond donors (Lipinski definition) is 1. The van der Waals surface area contributed by atoms with Gasteiger partial charge in [0.05, 0.1) is 12.0 Å². The Morgan fingerprint density at radius 3 is 2.83 bits per heavy atom. The summed E-state index contributed by atoms with van der Waals surface area (Å²) in [5, 5.41) is 16.9. The first-order valence-electron chi connectivity index (χ1n) is 3.93. The summed E-state index contributed by atoms with van der Waals surface area (Å²) < 4.78 is 0. The van der Waals surface area contributed by atoms with Gasteiger partial charge in [-0.3, -0.25) is 4.79 Å². The van der Waals surface area contributed by atoms with E-state index in [1.165, 1.54) is 0 Å². The van der Waals surface area contributed by atoms with Crippen molar-refractivity contribution in [2.45, 2.75) is 25.7 Å². The standard InChI is InChI=1S/C9H13NO2/c1-2-5-8(9(11)12)6-3-4-7-10/h2,8H,1,3-6H2,(H,11,12). The number of nitriles is 1. The maximum Gasteiger partial charge on any atom is 0.306 e. The molecule has 1 atom stereocenters. The minimum atomic E-state index is -0.798. The van der Waals surface area contributed by atoms with Crippen LogP contribution in [0, 0.1) is 17.2 Å². The molecule has 0 aromatic rings. The lowest BCUT2D eigenvalue weighted by Crippen LogP contribution is -2.12. The number of nitrogens with zero attached hydrogens (tertiary/aromatic N) is 1. The van der Waals surface area contributed by atoms with Crippen LogP contribution < -0.4 is 0 Å². The molecule has 0 aliphatic heterocycles. The molecule has 0 radical (unpaired) electrons. The van der Waals surface area contributed by atoms with Gasteiger partial charge in [-0.1, -0.05) is 6.08 Å². The monoisotopic (exact) mass is 167 g/mol. The van der Waals surface area contributed by atoms with Crippen molar-refractivity contribution in [2.24, 2.45) is 5.92 Å². The third-order valence-corrected chi connectivity index (χ3v) is 1.64. The predicted molar refractivity (Wildman–Crippen MR) is 45.4 cm³/mol. The van der Waals surface area contributed by atoms with Crippen molar-refractivity contribution in [1.29, 1.82) is 5.26 Å². The van der Waals surface area contributed by atoms with Crippen LogP contribution in [0.25, 0.3) is 0 Å². The molecular formula is C9H13NO2. The Bertz CT molecular complexity index is 193. The molecule has 0 rings (SSSR count). The van der Waals surface area contributed by atoms with Crippen LogP contribution in [0.5, 0.6) is 0 Å². The van der Waals surface area contributed by atoms with Gasteiger partial charge in [0.15, 0.2) is 0 Å². The van der Waals surface area contributed by atoms with Crippen LogP contribution >= 0.6 is 0 Å². The van der Waals surface area contributed by atoms with E-state index in [1.54, 1.807) is 6.08 Å². The van der Waals surface area contributed by atoms with Gasteiger partial charge in [0.25, 0.3) is 0 Å². The highest BCUT2D eigenvalue weighted by molar-refractivity contribution is 5.70. The molecule has 0 aromatic carbocycles. The van der Waals surface area contributed by atoms with Crippen molar-refractivity contribution >= 4 is 5.97 Å². The molecule has 0 aliphatic rings. The van der Waals surface area contributed by atoms with Crippen LogP contribution in [-0.4, -0.2) is 11.1 Å². The number of carbonyl (C=O) groups is 1. The maximum atomic E-state index is 10.6. The molecule has 0 aliphatic carbocycles. The van der Waals surface area contributed by atoms with E-state index in [4.69, 9.17) is 10.4 Å². The quantitative estimate of drug-likeness (QED) is 0.486. The van der Waals surface area contributed by atoms with E-state index in [9.17, 15) is 4.79 Å². The average molecular weight is 167 g/mol. The van der Waals surface area contributed by atoms with Gasteiger partial charge in [-0.25, -0.2) is 0 Å². The highest BCUT2D eigenvalue weighted by Gasteiger charge is 2.14. The lowest BCUT2D eigenvalue weighted by Gasteiger charge is -2.07. The fraction of sp³-hybridized carbons (Fsp3) is 0.556. The van der Waals surface area contributed by atoms with Crippen molar-refractivity contribution in [2.75, 3.05) is 0 Å². The molecule has 0 spiro atoms. The summed E-state index contributed by atoms with van der Waals surface area (Å²) in [7, 11) is 0. The Kier molecular flexibility index (Phi) is 5.72. The SMILES string of the molecule is C=CCC(CCCC#N)C(=O)O. The predicted octanol–water partition coefficient (Wildman–Crippen LogP) is 1.96. The van der Waals surface area contributed by atoms with Gasteiger partial charge in [0, 0.05) is 6.42 Å². The van der Waals surface area contributed by atoms with Crippen LogP contribution in [0.1, 0.15) is 25.7 Å². The van der Waals surface area contributed by atoms with E-state index in [1.807, 2.05) is 6.07 Å². The second-order valence-corrected chi connectivity index (χ2v) is 2.61. The van der Waals surface area contributed by atoms with Gasteiger partial charge in [-0.2, -0.15) is 5.26 Å². The van der Waals surface area contributed by atoms with E-state index in [0.29, 0.717) is 25.7 Å². The van der Waals surface area contributed by atoms with Crippen LogP contribution in [0.2, 0.25) is 0 Å². The summed E-state index contributed by atoms with van der Waals surface area (Å²) in [5.74, 6) is -1.16. The van der Waals surface area contributed by atoms with Crippen LogP contribution in [0.3, 0.4) is 0 Å². The normalized spacial score (nSPS) is 11.6. The molecule has 0 bridgehead atoms. The smallest absolute Gasteiger partial charge is 0.306 e. The second kappa shape index (κ2) is 6.41. The molecule has 1 N–H and O–H groups in total. The minimum absolute atomic E-state index is 0.365. The van der Waals surface area contributed by atoms with Crippen molar-refractivity contribution < 1.29 is 9.90 Å². The Hall–Kier alpha value is -1.30. The first-order valence-corrected chi connectivity index (χ1v) is 3.93. The fourth-order valence-corrected chi connectivity index (χ4v) is 0.971. The van der Waals surface area contributed by atoms with Gasteiger partial charge >= 0.3 is 5.97 Å². The topological polar surface area (TPSA) is 61.1 Å². The Balaban J connectivity index is 3.72. The van der Waals surface area contributed by atoms with Crippen molar-refractivity contribution in [1.82, 2.24) is 0 Å². The number of unbranched alkanes of at least 4 members (excludes halogenated alkanes) is 1. The largest absolute Gasteiger partial charge is 0.481 e. The number of rotatable bonds is 6. The lowest BCUT2D eigenvalue weighted by atomic mass is 9.99. The zero-order chi connectivity index (χ0) is 9.40. The summed E-state index contributed by atoms with van der Waals surface area (Å²) in [6.45, 7) is 3.48. The second-order valence-electron chi connectivity index (χ2n) is 2.61. The fourth-order valence-electron chi connectivity index (χ4n) is 0.971. The average Bonchev–Trinajstić information content (AvgIpc) is 2.03. The molecule has 1 unspecified atom stereocenters. The van der Waals surface area contributed by atoms with E-state index in [-0.39, 0.29) is 5.92 Å². The minimum Gasteiger partial charge on any atom is -0.481 e. The molecule has 0 saturated heterocycles. The van der Waals surface area contributed by atoms with Gasteiger partial charge in [0.2, 0.25) is 0 Å². The molecule has 66 valence electrons. The van der Waals surface area contributed by atoms with E-state index < -0.39 is 5.97 Å². The summed E-state index contributed by atoms with van der Waals surface area (Å²) in [6.07, 6.45) is 3.74. The van der Waals surface area contributed by atoms with Crippen LogP contribution in [0.15, 0.2) is 12.7 Å². The molecular weight excluding hydrogens is 154 g/mol. The van der Waals surface area contributed by atoms with E-state index >= 15 is 0 Å². The highest BCUT2D eigenvalue weighted by Crippen LogP contribution is 2.12. The number of hydrogen-bond acceptors (Lipinski definition) is 2. The summed E-state index contributed by atoms with van der Waals surface area (Å²) in [4.78, 5) is 10.6. The van der Waals surface area contributed by atoms with E-state index in [0.717, 1.165) is 0 Å². The van der Waals surface area contributed by atoms with Crippen LogP contribution in [0.4, 0.5) is 0 Å². The van der Waals surface area contributed by atoms with Crippen LogP contribution in [-0.2, 0) is 4.79 Å². The first kappa shape index (κ1) is 10.7. The third kappa shape index (κ3) is 4.51. The molecule has 0 amide bonds. The van der Waals surface area contributed by atoms with Crippen molar-refractivity contribution in [3.8, 4) is 6.07 Å².